The molecule has 270 valence electrons. The van der Waals surface area contributed by atoms with Crippen LogP contribution in [-0.2, 0) is 42.2 Å². The molecule has 0 unspecified atom stereocenters. The maximum absolute atomic E-state index is 12.1. The quantitative estimate of drug-likeness (QED) is 0.123. The fourth-order valence-electron chi connectivity index (χ4n) is 6.90. The van der Waals surface area contributed by atoms with Gasteiger partial charge in [0.15, 0.2) is 0 Å². The van der Waals surface area contributed by atoms with Crippen LogP contribution in [0.15, 0.2) is 72.8 Å². The molecule has 50 heavy (non-hydrogen) atoms. The van der Waals surface area contributed by atoms with E-state index in [-0.39, 0.29) is 11.7 Å². The Labute approximate surface area is 297 Å². The van der Waals surface area contributed by atoms with Gasteiger partial charge < -0.3 is 9.92 Å². The van der Waals surface area contributed by atoms with Gasteiger partial charge in [0.25, 0.3) is 0 Å². The highest BCUT2D eigenvalue weighted by Gasteiger charge is 2.48. The first-order chi connectivity index (χ1) is 23.5. The summed E-state index contributed by atoms with van der Waals surface area (Å²) in [6.45, 7) is 12.3. The smallest absolute Gasteiger partial charge is 0.399 e. The molecule has 2 N–H and O–H groups in total. The summed E-state index contributed by atoms with van der Waals surface area (Å²) in [5.41, 5.74) is 14.7. The number of nitrogens with two attached hydrogens (primary N) is 1. The van der Waals surface area contributed by atoms with Crippen molar-refractivity contribution in [2.45, 2.75) is 117 Å². The van der Waals surface area contributed by atoms with Gasteiger partial charge in [-0.25, -0.2) is 0 Å². The maximum atomic E-state index is 12.1. The first-order valence-corrected chi connectivity index (χ1v) is 19.1. The molecule has 8 heteroatoms. The number of benzene rings is 4. The van der Waals surface area contributed by atoms with E-state index in [0.29, 0.717) is 11.5 Å². The van der Waals surface area contributed by atoms with Crippen LogP contribution in [0.1, 0.15) is 121 Å². The predicted molar refractivity (Wildman–Crippen MR) is 200 cm³/mol. The molecule has 2 aliphatic rings. The van der Waals surface area contributed by atoms with Crippen molar-refractivity contribution in [2.24, 2.45) is 0 Å². The van der Waals surface area contributed by atoms with Crippen LogP contribution in [0.2, 0.25) is 0 Å². The third-order valence-corrected chi connectivity index (χ3v) is 10.5. The SMILES string of the molecule is Cc1cc(Cc2ccc3c(c2)CCCC3)ccc1C(C)C.Cc1cc(OS(=O)(=O)C(F)(F)F)ccc1C(C)C.Nc1ccc2c(c1)CCCC2. The summed E-state index contributed by atoms with van der Waals surface area (Å²) in [6.07, 6.45) is 11.5. The van der Waals surface area contributed by atoms with Crippen molar-refractivity contribution in [1.82, 2.24) is 0 Å². The molecule has 0 aromatic heterocycles. The molecule has 4 aromatic rings. The van der Waals surface area contributed by atoms with Gasteiger partial charge in [0, 0.05) is 5.69 Å². The molecular weight excluding hydrogens is 656 g/mol. The van der Waals surface area contributed by atoms with Gasteiger partial charge in [0.05, 0.1) is 0 Å². The molecule has 0 radical (unpaired) electrons. The van der Waals surface area contributed by atoms with Crippen LogP contribution in [0.4, 0.5) is 18.9 Å². The first-order valence-electron chi connectivity index (χ1n) is 17.7. The summed E-state index contributed by atoms with van der Waals surface area (Å²) < 4.78 is 62.0. The molecule has 0 saturated carbocycles. The van der Waals surface area contributed by atoms with Crippen LogP contribution in [0.25, 0.3) is 0 Å². The zero-order valence-electron chi connectivity index (χ0n) is 30.3. The molecule has 4 aromatic carbocycles. The van der Waals surface area contributed by atoms with E-state index in [1.807, 2.05) is 19.9 Å². The van der Waals surface area contributed by atoms with E-state index < -0.39 is 15.6 Å². The van der Waals surface area contributed by atoms with Crippen molar-refractivity contribution in [3.63, 3.8) is 0 Å². The second-order valence-electron chi connectivity index (χ2n) is 14.2. The molecule has 0 heterocycles. The van der Waals surface area contributed by atoms with E-state index in [9.17, 15) is 21.6 Å². The number of anilines is 1. The van der Waals surface area contributed by atoms with Crippen molar-refractivity contribution in [2.75, 3.05) is 5.73 Å². The van der Waals surface area contributed by atoms with Gasteiger partial charge in [-0.05, 0) is 163 Å². The van der Waals surface area contributed by atoms with Gasteiger partial charge >= 0.3 is 15.6 Å². The van der Waals surface area contributed by atoms with E-state index in [4.69, 9.17) is 5.73 Å². The molecule has 0 saturated heterocycles. The maximum Gasteiger partial charge on any atom is 0.534 e. The zero-order chi connectivity index (χ0) is 36.6. The summed E-state index contributed by atoms with van der Waals surface area (Å²) >= 11 is 0. The lowest BCUT2D eigenvalue weighted by atomic mass is 9.89. The lowest BCUT2D eigenvalue weighted by molar-refractivity contribution is -0.0500. The highest BCUT2D eigenvalue weighted by atomic mass is 32.2. The molecule has 0 aliphatic heterocycles. The minimum Gasteiger partial charge on any atom is -0.399 e. The predicted octanol–water partition coefficient (Wildman–Crippen LogP) is 11.1. The summed E-state index contributed by atoms with van der Waals surface area (Å²) in [7, 11) is -5.60. The molecule has 0 spiro atoms. The Hall–Kier alpha value is -3.78. The minimum absolute atomic E-state index is 0.193. The third-order valence-electron chi connectivity index (χ3n) is 9.50. The molecule has 0 fully saturated rings. The average Bonchev–Trinajstić information content (AvgIpc) is 3.04. The Morgan fingerprint density at radius 3 is 1.62 bits per heavy atom. The minimum atomic E-state index is -5.60. The second-order valence-corrected chi connectivity index (χ2v) is 15.8. The molecule has 6 rings (SSSR count). The molecular formula is C42H52F3NO3S. The zero-order valence-corrected chi connectivity index (χ0v) is 31.1. The third kappa shape index (κ3) is 10.6. The van der Waals surface area contributed by atoms with E-state index in [1.54, 1.807) is 24.1 Å². The number of hydrogen-bond donors (Lipinski definition) is 1. The van der Waals surface area contributed by atoms with Crippen molar-refractivity contribution in [3.8, 4) is 5.75 Å². The summed E-state index contributed by atoms with van der Waals surface area (Å²) in [6, 6.07) is 24.5. The highest BCUT2D eigenvalue weighted by molar-refractivity contribution is 7.88. The van der Waals surface area contributed by atoms with E-state index in [0.717, 1.165) is 17.7 Å². The number of rotatable bonds is 6. The van der Waals surface area contributed by atoms with Crippen LogP contribution in [-0.4, -0.2) is 13.9 Å². The van der Waals surface area contributed by atoms with Crippen molar-refractivity contribution in [3.05, 3.63) is 128 Å². The van der Waals surface area contributed by atoms with E-state index >= 15 is 0 Å². The second kappa shape index (κ2) is 17.0. The van der Waals surface area contributed by atoms with Crippen LogP contribution in [0.5, 0.6) is 5.75 Å². The first kappa shape index (κ1) is 39.0. The van der Waals surface area contributed by atoms with Crippen LogP contribution >= 0.6 is 0 Å². The van der Waals surface area contributed by atoms with Gasteiger partial charge in [0.1, 0.15) is 5.75 Å². The molecule has 4 nitrogen and oxygen atoms in total. The Kier molecular flexibility index (Phi) is 13.2. The van der Waals surface area contributed by atoms with Gasteiger partial charge in [-0.3, -0.25) is 0 Å². The Balaban J connectivity index is 0.000000176. The summed E-state index contributed by atoms with van der Waals surface area (Å²) in [4.78, 5) is 0. The van der Waals surface area contributed by atoms with Crippen molar-refractivity contribution >= 4 is 15.8 Å². The Morgan fingerprint density at radius 2 is 1.10 bits per heavy atom. The normalized spacial score (nSPS) is 14.1. The van der Waals surface area contributed by atoms with Crippen LogP contribution < -0.4 is 9.92 Å². The van der Waals surface area contributed by atoms with Crippen LogP contribution in [0.3, 0.4) is 0 Å². The van der Waals surface area contributed by atoms with E-state index in [1.165, 1.54) is 96.9 Å². The number of halogens is 3. The van der Waals surface area contributed by atoms with Gasteiger partial charge in [-0.1, -0.05) is 76.2 Å². The molecule has 0 amide bonds. The molecule has 2 aliphatic carbocycles. The number of nitrogen functional groups attached to an aromatic ring is 1. The van der Waals surface area contributed by atoms with Crippen molar-refractivity contribution < 1.29 is 25.8 Å². The van der Waals surface area contributed by atoms with Gasteiger partial charge in [-0.15, -0.1) is 0 Å². The number of fused-ring (bicyclic) bond motifs is 2. The molecule has 0 atom stereocenters. The monoisotopic (exact) mass is 707 g/mol. The standard InChI is InChI=1S/C21H26.C11H13F3O3S.C10H13N/c1-15(2)21-11-9-17(12-16(21)3)13-18-8-10-19-6-4-5-7-20(19)14-18;1-7(2)10-5-4-9(6-8(10)3)17-18(15,16)11(12,13)14;11-10-6-5-8-3-1-2-4-9(8)7-10/h8-12,14-15H,4-7,13H2,1-3H3;4-7H,1-3H3;5-7H,1-4,11H2. The molecule has 0 bridgehead atoms. The largest absolute Gasteiger partial charge is 0.534 e. The highest BCUT2D eigenvalue weighted by Crippen LogP contribution is 2.30. The number of aryl methyl sites for hydroxylation is 6. The average molecular weight is 708 g/mol. The summed E-state index contributed by atoms with van der Waals surface area (Å²) in [5.74, 6) is 0.468. The fourth-order valence-corrected chi connectivity index (χ4v) is 7.35. The number of alkyl halides is 3. The summed E-state index contributed by atoms with van der Waals surface area (Å²) in [5, 5.41) is 0. The Bertz CT molecular complexity index is 1860. The van der Waals surface area contributed by atoms with Gasteiger partial charge in [-0.2, -0.15) is 21.6 Å². The van der Waals surface area contributed by atoms with Crippen molar-refractivity contribution in [1.29, 1.82) is 0 Å². The lowest BCUT2D eigenvalue weighted by Crippen LogP contribution is -2.28. The van der Waals surface area contributed by atoms with E-state index in [2.05, 4.69) is 73.5 Å². The Morgan fingerprint density at radius 1 is 0.640 bits per heavy atom. The van der Waals surface area contributed by atoms with Gasteiger partial charge in [0.2, 0.25) is 0 Å². The lowest BCUT2D eigenvalue weighted by Gasteiger charge is -2.17. The van der Waals surface area contributed by atoms with Crippen LogP contribution in [0, 0.1) is 13.8 Å². The number of hydrogen-bond acceptors (Lipinski definition) is 4. The topological polar surface area (TPSA) is 69.4 Å². The fraction of sp³-hybridized carbons (Fsp3) is 0.429.